The third-order valence-electron chi connectivity index (χ3n) is 3.95. The van der Waals surface area contributed by atoms with E-state index in [0.29, 0.717) is 5.41 Å². The van der Waals surface area contributed by atoms with Gasteiger partial charge in [0.2, 0.25) is 0 Å². The molecule has 0 fully saturated rings. The number of carbonyl (C=O) groups is 1. The first-order chi connectivity index (χ1) is 8.77. The van der Waals surface area contributed by atoms with E-state index in [2.05, 4.69) is 32.2 Å². The Morgan fingerprint density at radius 1 is 1.42 bits per heavy atom. The summed E-state index contributed by atoms with van der Waals surface area (Å²) in [5.41, 5.74) is 1.77. The van der Waals surface area contributed by atoms with Crippen molar-refractivity contribution >= 4 is 17.2 Å². The average Bonchev–Trinajstić information content (AvgIpc) is 2.69. The number of carbonyl (C=O) groups excluding carboxylic acids is 1. The van der Waals surface area contributed by atoms with Crippen molar-refractivity contribution in [1.29, 1.82) is 0 Å². The SMILES string of the molecule is CC(C)NC(=O)c1cc2c(s1)CCC(C(C)(C)C)C2. The molecule has 1 aromatic rings. The van der Waals surface area contributed by atoms with Gasteiger partial charge in [0.05, 0.1) is 4.88 Å². The summed E-state index contributed by atoms with van der Waals surface area (Å²) < 4.78 is 0. The summed E-state index contributed by atoms with van der Waals surface area (Å²) in [6, 6.07) is 2.32. The van der Waals surface area contributed by atoms with Crippen molar-refractivity contribution in [3.63, 3.8) is 0 Å². The maximum absolute atomic E-state index is 12.1. The zero-order chi connectivity index (χ0) is 14.2. The molecule has 0 aliphatic heterocycles. The maximum Gasteiger partial charge on any atom is 0.261 e. The van der Waals surface area contributed by atoms with Crippen molar-refractivity contribution in [3.8, 4) is 0 Å². The molecule has 0 saturated heterocycles. The highest BCUT2D eigenvalue weighted by Gasteiger charge is 2.30. The molecule has 0 aromatic carbocycles. The van der Waals surface area contributed by atoms with E-state index in [1.54, 1.807) is 11.3 Å². The van der Waals surface area contributed by atoms with Gasteiger partial charge in [-0.2, -0.15) is 0 Å². The third kappa shape index (κ3) is 3.38. The molecule has 1 heterocycles. The second-order valence-corrected chi connectivity index (χ2v) is 8.13. The van der Waals surface area contributed by atoms with Crippen LogP contribution in [0.5, 0.6) is 0 Å². The first-order valence-corrected chi connectivity index (χ1v) is 8.01. The molecule has 0 saturated carbocycles. The molecule has 1 aromatic heterocycles. The molecule has 3 heteroatoms. The zero-order valence-corrected chi connectivity index (χ0v) is 13.5. The van der Waals surface area contributed by atoms with E-state index in [1.807, 2.05) is 13.8 Å². The lowest BCUT2D eigenvalue weighted by Gasteiger charge is -2.33. The van der Waals surface area contributed by atoms with Crippen LogP contribution < -0.4 is 5.32 Å². The van der Waals surface area contributed by atoms with E-state index in [4.69, 9.17) is 0 Å². The molecule has 19 heavy (non-hydrogen) atoms. The van der Waals surface area contributed by atoms with Crippen LogP contribution >= 0.6 is 11.3 Å². The Morgan fingerprint density at radius 2 is 2.11 bits per heavy atom. The predicted molar refractivity (Wildman–Crippen MR) is 81.9 cm³/mol. The van der Waals surface area contributed by atoms with Gasteiger partial charge in [-0.05, 0) is 56.1 Å². The summed E-state index contributed by atoms with van der Waals surface area (Å²) in [5, 5.41) is 2.98. The van der Waals surface area contributed by atoms with Crippen LogP contribution in [0, 0.1) is 11.3 Å². The smallest absolute Gasteiger partial charge is 0.261 e. The van der Waals surface area contributed by atoms with Gasteiger partial charge in [0.15, 0.2) is 0 Å². The van der Waals surface area contributed by atoms with Crippen molar-refractivity contribution in [1.82, 2.24) is 5.32 Å². The second-order valence-electron chi connectivity index (χ2n) is 6.99. The lowest BCUT2D eigenvalue weighted by Crippen LogP contribution is -2.29. The highest BCUT2D eigenvalue weighted by Crippen LogP contribution is 2.40. The molecule has 2 nitrogen and oxygen atoms in total. The van der Waals surface area contributed by atoms with Crippen LogP contribution in [0.2, 0.25) is 0 Å². The number of thiophene rings is 1. The Labute approximate surface area is 120 Å². The van der Waals surface area contributed by atoms with Gasteiger partial charge in [0.25, 0.3) is 5.91 Å². The van der Waals surface area contributed by atoms with Crippen molar-refractivity contribution in [3.05, 3.63) is 21.4 Å². The Kier molecular flexibility index (Phi) is 4.05. The van der Waals surface area contributed by atoms with Crippen molar-refractivity contribution in [2.45, 2.75) is 59.9 Å². The summed E-state index contributed by atoms with van der Waals surface area (Å²) >= 11 is 1.69. The molecular weight excluding hydrogens is 254 g/mol. The van der Waals surface area contributed by atoms with Crippen LogP contribution in [0.3, 0.4) is 0 Å². The minimum atomic E-state index is 0.0849. The van der Waals surface area contributed by atoms with E-state index in [9.17, 15) is 4.79 Å². The molecule has 1 aliphatic rings. The molecule has 1 amide bonds. The van der Waals surface area contributed by atoms with Crippen molar-refractivity contribution < 1.29 is 4.79 Å². The standard InChI is InChI=1S/C16H25NOS/c1-10(2)17-15(18)14-9-11-8-12(16(3,4)5)6-7-13(11)19-14/h9-10,12H,6-8H2,1-5H3,(H,17,18). The van der Waals surface area contributed by atoms with E-state index < -0.39 is 0 Å². The monoisotopic (exact) mass is 279 g/mol. The van der Waals surface area contributed by atoms with Gasteiger partial charge in [-0.25, -0.2) is 0 Å². The van der Waals surface area contributed by atoms with Gasteiger partial charge >= 0.3 is 0 Å². The number of rotatable bonds is 2. The Balaban J connectivity index is 2.15. The van der Waals surface area contributed by atoms with Crippen LogP contribution in [0.25, 0.3) is 0 Å². The summed E-state index contributed by atoms with van der Waals surface area (Å²) in [4.78, 5) is 14.4. The first-order valence-electron chi connectivity index (χ1n) is 7.20. The lowest BCUT2D eigenvalue weighted by atomic mass is 9.72. The minimum Gasteiger partial charge on any atom is -0.349 e. The van der Waals surface area contributed by atoms with Crippen LogP contribution in [-0.2, 0) is 12.8 Å². The predicted octanol–water partition coefficient (Wildman–Crippen LogP) is 4.04. The van der Waals surface area contributed by atoms with E-state index in [-0.39, 0.29) is 11.9 Å². The van der Waals surface area contributed by atoms with Gasteiger partial charge in [-0.1, -0.05) is 20.8 Å². The molecule has 1 unspecified atom stereocenters. The van der Waals surface area contributed by atoms with Crippen LogP contribution in [0.15, 0.2) is 6.07 Å². The number of nitrogens with one attached hydrogen (secondary N) is 1. The highest BCUT2D eigenvalue weighted by atomic mass is 32.1. The van der Waals surface area contributed by atoms with Crippen LogP contribution in [0.4, 0.5) is 0 Å². The molecule has 1 atom stereocenters. The maximum atomic E-state index is 12.1. The molecule has 0 bridgehead atoms. The first kappa shape index (κ1) is 14.6. The van der Waals surface area contributed by atoms with Gasteiger partial charge < -0.3 is 5.32 Å². The van der Waals surface area contributed by atoms with Gasteiger partial charge in [0.1, 0.15) is 0 Å². The van der Waals surface area contributed by atoms with Gasteiger partial charge in [0, 0.05) is 10.9 Å². The topological polar surface area (TPSA) is 29.1 Å². The van der Waals surface area contributed by atoms with E-state index in [1.165, 1.54) is 16.9 Å². The van der Waals surface area contributed by atoms with Crippen molar-refractivity contribution in [2.75, 3.05) is 0 Å². The van der Waals surface area contributed by atoms with Gasteiger partial charge in [-0.15, -0.1) is 11.3 Å². The molecule has 2 rings (SSSR count). The van der Waals surface area contributed by atoms with E-state index >= 15 is 0 Å². The lowest BCUT2D eigenvalue weighted by molar-refractivity contribution is 0.0947. The summed E-state index contributed by atoms with van der Waals surface area (Å²) in [5.74, 6) is 0.817. The second kappa shape index (κ2) is 5.28. The quantitative estimate of drug-likeness (QED) is 0.870. The number of amides is 1. The van der Waals surface area contributed by atoms with Gasteiger partial charge in [-0.3, -0.25) is 4.79 Å². The fraction of sp³-hybridized carbons (Fsp3) is 0.688. The molecule has 0 spiro atoms. The van der Waals surface area contributed by atoms with Crippen LogP contribution in [0.1, 0.15) is 61.2 Å². The Hall–Kier alpha value is -0.830. The summed E-state index contributed by atoms with van der Waals surface area (Å²) in [6.45, 7) is 11.0. The normalized spacial score (nSPS) is 19.4. The number of aryl methyl sites for hydroxylation is 1. The average molecular weight is 279 g/mol. The number of hydrogen-bond donors (Lipinski definition) is 1. The fourth-order valence-corrected chi connectivity index (χ4v) is 3.82. The third-order valence-corrected chi connectivity index (χ3v) is 5.19. The van der Waals surface area contributed by atoms with Crippen LogP contribution in [-0.4, -0.2) is 11.9 Å². The summed E-state index contributed by atoms with van der Waals surface area (Å²) in [7, 11) is 0. The molecule has 1 N–H and O–H groups in total. The summed E-state index contributed by atoms with van der Waals surface area (Å²) in [6.07, 6.45) is 3.52. The fourth-order valence-electron chi connectivity index (χ4n) is 2.71. The molecule has 106 valence electrons. The number of fused-ring (bicyclic) bond motifs is 1. The largest absolute Gasteiger partial charge is 0.349 e. The molecule has 0 radical (unpaired) electrons. The van der Waals surface area contributed by atoms with Crippen molar-refractivity contribution in [2.24, 2.45) is 11.3 Å². The Bertz CT molecular complexity index is 468. The number of hydrogen-bond acceptors (Lipinski definition) is 2. The van der Waals surface area contributed by atoms with E-state index in [0.717, 1.165) is 23.6 Å². The highest BCUT2D eigenvalue weighted by molar-refractivity contribution is 7.14. The zero-order valence-electron chi connectivity index (χ0n) is 12.7. The Morgan fingerprint density at radius 3 is 2.68 bits per heavy atom. The molecular formula is C16H25NOS. The minimum absolute atomic E-state index is 0.0849. The molecule has 1 aliphatic carbocycles.